The standard InChI is InChI=1S/C20H42O.C12H24O2/c1-3-5-7-9-11-12-13-15-17-19-20(21)18-16-14-10-8-6-4-2;1-2-3-4-5-6-7-8-9-10-11-12(13)14/h20-21H,3-19H2,1-2H3;2-11H2,1H3,(H,13,14). The minimum Gasteiger partial charge on any atom is -0.481 e. The van der Waals surface area contributed by atoms with Crippen molar-refractivity contribution in [2.75, 3.05) is 0 Å². The van der Waals surface area contributed by atoms with E-state index in [4.69, 9.17) is 5.11 Å². The highest BCUT2D eigenvalue weighted by Gasteiger charge is 2.03. The van der Waals surface area contributed by atoms with Gasteiger partial charge < -0.3 is 10.2 Å². The average Bonchev–Trinajstić information content (AvgIpc) is 2.84. The van der Waals surface area contributed by atoms with Crippen LogP contribution in [0.2, 0.25) is 0 Å². The molecule has 1 unspecified atom stereocenters. The van der Waals surface area contributed by atoms with Crippen LogP contribution < -0.4 is 0 Å². The Bertz CT molecular complexity index is 383. The molecule has 0 saturated heterocycles. The SMILES string of the molecule is CCCCCCCCCCCC(=O)O.CCCCCCCCCCCC(O)CCCCCCCC. The number of hydrogen-bond acceptors (Lipinski definition) is 2. The molecule has 0 aliphatic carbocycles. The Morgan fingerprint density at radius 2 is 0.714 bits per heavy atom. The van der Waals surface area contributed by atoms with Gasteiger partial charge in [0.1, 0.15) is 0 Å². The summed E-state index contributed by atoms with van der Waals surface area (Å²) in [5.74, 6) is -0.659. The fourth-order valence-electron chi connectivity index (χ4n) is 4.58. The third kappa shape index (κ3) is 38.1. The molecule has 0 aromatic carbocycles. The molecule has 0 aliphatic rings. The summed E-state index contributed by atoms with van der Waals surface area (Å²) in [6.07, 6.45) is 33.8. The van der Waals surface area contributed by atoms with Gasteiger partial charge in [0.15, 0.2) is 0 Å². The lowest BCUT2D eigenvalue weighted by Crippen LogP contribution is -2.05. The smallest absolute Gasteiger partial charge is 0.303 e. The molecule has 212 valence electrons. The molecule has 3 nitrogen and oxygen atoms in total. The number of carbonyl (C=O) groups is 1. The molecule has 1 atom stereocenters. The van der Waals surface area contributed by atoms with E-state index >= 15 is 0 Å². The molecule has 0 fully saturated rings. The van der Waals surface area contributed by atoms with E-state index in [1.807, 2.05) is 0 Å². The van der Waals surface area contributed by atoms with E-state index in [0.717, 1.165) is 25.7 Å². The Labute approximate surface area is 221 Å². The van der Waals surface area contributed by atoms with Crippen molar-refractivity contribution >= 4 is 5.97 Å². The van der Waals surface area contributed by atoms with E-state index < -0.39 is 5.97 Å². The Balaban J connectivity index is 0. The first-order chi connectivity index (χ1) is 17.1. The molecular weight excluding hydrogens is 432 g/mol. The Morgan fingerprint density at radius 3 is 1.00 bits per heavy atom. The highest BCUT2D eigenvalue weighted by Crippen LogP contribution is 2.15. The van der Waals surface area contributed by atoms with Crippen molar-refractivity contribution < 1.29 is 15.0 Å². The molecule has 2 N–H and O–H groups in total. The van der Waals surface area contributed by atoms with Crippen LogP contribution in [0.25, 0.3) is 0 Å². The van der Waals surface area contributed by atoms with Crippen molar-refractivity contribution in [1.82, 2.24) is 0 Å². The minimum absolute atomic E-state index is 0.0271. The molecule has 0 radical (unpaired) electrons. The second kappa shape index (κ2) is 33.4. The molecule has 0 bridgehead atoms. The van der Waals surface area contributed by atoms with Crippen LogP contribution in [-0.2, 0) is 4.79 Å². The zero-order chi connectivity index (χ0) is 26.2. The largest absolute Gasteiger partial charge is 0.481 e. The lowest BCUT2D eigenvalue weighted by atomic mass is 10.0. The van der Waals surface area contributed by atoms with E-state index in [1.54, 1.807) is 0 Å². The predicted octanol–water partition coefficient (Wildman–Crippen LogP) is 11.0. The third-order valence-corrected chi connectivity index (χ3v) is 7.03. The molecule has 3 heteroatoms. The van der Waals surface area contributed by atoms with E-state index in [9.17, 15) is 9.90 Å². The van der Waals surface area contributed by atoms with E-state index in [0.29, 0.717) is 6.42 Å². The predicted molar refractivity (Wildman–Crippen MR) is 155 cm³/mol. The number of aliphatic hydroxyl groups is 1. The van der Waals surface area contributed by atoms with E-state index in [-0.39, 0.29) is 6.10 Å². The van der Waals surface area contributed by atoms with Crippen LogP contribution >= 0.6 is 0 Å². The summed E-state index contributed by atoms with van der Waals surface area (Å²) >= 11 is 0. The fourth-order valence-corrected chi connectivity index (χ4v) is 4.58. The summed E-state index contributed by atoms with van der Waals surface area (Å²) in [5.41, 5.74) is 0. The summed E-state index contributed by atoms with van der Waals surface area (Å²) in [5, 5.41) is 18.4. The van der Waals surface area contributed by atoms with Gasteiger partial charge in [0.2, 0.25) is 0 Å². The Hall–Kier alpha value is -0.570. The van der Waals surface area contributed by atoms with Crippen LogP contribution in [0, 0.1) is 0 Å². The first-order valence-corrected chi connectivity index (χ1v) is 16.0. The summed E-state index contributed by atoms with van der Waals surface area (Å²) in [6.45, 7) is 6.76. The quantitative estimate of drug-likeness (QED) is 0.111. The molecule has 0 aromatic heterocycles. The zero-order valence-electron chi connectivity index (χ0n) is 24.5. The number of carboxylic acid groups (broad SMARTS) is 1. The number of unbranched alkanes of at least 4 members (excludes halogenated alkanes) is 21. The Morgan fingerprint density at radius 1 is 0.457 bits per heavy atom. The maximum absolute atomic E-state index is 10.2. The summed E-state index contributed by atoms with van der Waals surface area (Å²) < 4.78 is 0. The van der Waals surface area contributed by atoms with Gasteiger partial charge in [-0.15, -0.1) is 0 Å². The normalized spacial score (nSPS) is 11.8. The van der Waals surface area contributed by atoms with Crippen LogP contribution in [-0.4, -0.2) is 22.3 Å². The lowest BCUT2D eigenvalue weighted by Gasteiger charge is -2.10. The van der Waals surface area contributed by atoms with Crippen LogP contribution in [0.15, 0.2) is 0 Å². The number of aliphatic carboxylic acids is 1. The third-order valence-electron chi connectivity index (χ3n) is 7.03. The van der Waals surface area contributed by atoms with Crippen LogP contribution in [0.4, 0.5) is 0 Å². The number of hydrogen-bond donors (Lipinski definition) is 2. The van der Waals surface area contributed by atoms with Crippen molar-refractivity contribution in [2.45, 2.75) is 200 Å². The van der Waals surface area contributed by atoms with Gasteiger partial charge in [0.05, 0.1) is 6.10 Å². The van der Waals surface area contributed by atoms with Crippen molar-refractivity contribution in [3.63, 3.8) is 0 Å². The highest BCUT2D eigenvalue weighted by atomic mass is 16.4. The fraction of sp³-hybridized carbons (Fsp3) is 0.969. The second-order valence-corrected chi connectivity index (χ2v) is 10.8. The van der Waals surface area contributed by atoms with Gasteiger partial charge in [-0.05, 0) is 19.3 Å². The number of aliphatic hydroxyl groups excluding tert-OH is 1. The van der Waals surface area contributed by atoms with Crippen molar-refractivity contribution in [1.29, 1.82) is 0 Å². The van der Waals surface area contributed by atoms with Crippen molar-refractivity contribution in [2.24, 2.45) is 0 Å². The van der Waals surface area contributed by atoms with Gasteiger partial charge >= 0.3 is 5.97 Å². The molecule has 0 saturated carbocycles. The summed E-state index contributed by atoms with van der Waals surface area (Å²) in [6, 6.07) is 0. The van der Waals surface area contributed by atoms with Gasteiger partial charge in [-0.1, -0.05) is 168 Å². The Kier molecular flexibility index (Phi) is 34.9. The molecule has 0 spiro atoms. The molecule has 0 rings (SSSR count). The second-order valence-electron chi connectivity index (χ2n) is 10.8. The minimum atomic E-state index is -0.659. The summed E-state index contributed by atoms with van der Waals surface area (Å²) in [4.78, 5) is 10.2. The van der Waals surface area contributed by atoms with Gasteiger partial charge in [0, 0.05) is 6.42 Å². The molecule has 35 heavy (non-hydrogen) atoms. The van der Waals surface area contributed by atoms with E-state index in [1.165, 1.54) is 141 Å². The van der Waals surface area contributed by atoms with Gasteiger partial charge in [0.25, 0.3) is 0 Å². The molecule has 0 aromatic rings. The monoisotopic (exact) mass is 499 g/mol. The van der Waals surface area contributed by atoms with Gasteiger partial charge in [-0.25, -0.2) is 0 Å². The van der Waals surface area contributed by atoms with Crippen molar-refractivity contribution in [3.8, 4) is 0 Å². The molecular formula is C32H66O3. The lowest BCUT2D eigenvalue weighted by molar-refractivity contribution is -0.137. The average molecular weight is 499 g/mol. The maximum Gasteiger partial charge on any atom is 0.303 e. The molecule has 0 aliphatic heterocycles. The van der Waals surface area contributed by atoms with Crippen LogP contribution in [0.5, 0.6) is 0 Å². The molecule has 0 heterocycles. The maximum atomic E-state index is 10.2. The van der Waals surface area contributed by atoms with Crippen LogP contribution in [0.1, 0.15) is 194 Å². The van der Waals surface area contributed by atoms with Gasteiger partial charge in [-0.2, -0.15) is 0 Å². The van der Waals surface area contributed by atoms with Crippen LogP contribution in [0.3, 0.4) is 0 Å². The molecule has 0 amide bonds. The summed E-state index contributed by atoms with van der Waals surface area (Å²) in [7, 11) is 0. The van der Waals surface area contributed by atoms with Crippen molar-refractivity contribution in [3.05, 3.63) is 0 Å². The zero-order valence-corrected chi connectivity index (χ0v) is 24.5. The number of carboxylic acids is 1. The number of rotatable bonds is 27. The van der Waals surface area contributed by atoms with Gasteiger partial charge in [-0.3, -0.25) is 4.79 Å². The first-order valence-electron chi connectivity index (χ1n) is 16.0. The highest BCUT2D eigenvalue weighted by molar-refractivity contribution is 5.66. The topological polar surface area (TPSA) is 57.5 Å². The van der Waals surface area contributed by atoms with E-state index in [2.05, 4.69) is 20.8 Å². The first kappa shape index (κ1) is 36.6.